The molecule has 0 bridgehead atoms. The fourth-order valence-electron chi connectivity index (χ4n) is 1.87. The van der Waals surface area contributed by atoms with Crippen LogP contribution in [0.15, 0.2) is 0 Å². The first-order valence-electron chi connectivity index (χ1n) is 7.16. The molecule has 1 aromatic rings. The van der Waals surface area contributed by atoms with E-state index >= 15 is 0 Å². The average molecular weight is 312 g/mol. The summed E-state index contributed by atoms with van der Waals surface area (Å²) in [6, 6.07) is -0.590. The van der Waals surface area contributed by atoms with Gasteiger partial charge in [0.1, 0.15) is 5.00 Å². The molecule has 0 aliphatic carbocycles. The SMILES string of the molecule is CCOC(=O)c1c(NC(=O)[C@@H](N)[C@@H](C)CC)sc(C)c1C. The van der Waals surface area contributed by atoms with E-state index in [9.17, 15) is 9.59 Å². The molecule has 118 valence electrons. The molecule has 6 heteroatoms. The van der Waals surface area contributed by atoms with Crippen molar-refractivity contribution in [2.24, 2.45) is 11.7 Å². The Labute approximate surface area is 129 Å². The fraction of sp³-hybridized carbons (Fsp3) is 0.600. The molecule has 0 aliphatic heterocycles. The molecule has 2 atom stereocenters. The Morgan fingerprint density at radius 1 is 1.33 bits per heavy atom. The summed E-state index contributed by atoms with van der Waals surface area (Å²) in [5.74, 6) is -0.596. The zero-order chi connectivity index (χ0) is 16.2. The van der Waals surface area contributed by atoms with Crippen LogP contribution in [0.4, 0.5) is 5.00 Å². The molecule has 1 aromatic heterocycles. The smallest absolute Gasteiger partial charge is 0.341 e. The maximum Gasteiger partial charge on any atom is 0.341 e. The molecule has 0 unspecified atom stereocenters. The molecule has 0 aliphatic rings. The zero-order valence-corrected chi connectivity index (χ0v) is 14.1. The number of carbonyl (C=O) groups is 2. The van der Waals surface area contributed by atoms with E-state index in [4.69, 9.17) is 10.5 Å². The highest BCUT2D eigenvalue weighted by Crippen LogP contribution is 2.33. The van der Waals surface area contributed by atoms with Crippen molar-refractivity contribution in [1.82, 2.24) is 0 Å². The second kappa shape index (κ2) is 7.56. The highest BCUT2D eigenvalue weighted by atomic mass is 32.1. The average Bonchev–Trinajstić information content (AvgIpc) is 2.72. The van der Waals surface area contributed by atoms with Gasteiger partial charge in [-0.25, -0.2) is 4.79 Å². The Morgan fingerprint density at radius 3 is 2.48 bits per heavy atom. The van der Waals surface area contributed by atoms with Gasteiger partial charge in [0, 0.05) is 4.88 Å². The van der Waals surface area contributed by atoms with Crippen molar-refractivity contribution in [1.29, 1.82) is 0 Å². The van der Waals surface area contributed by atoms with Crippen molar-refractivity contribution < 1.29 is 14.3 Å². The summed E-state index contributed by atoms with van der Waals surface area (Å²) in [7, 11) is 0. The van der Waals surface area contributed by atoms with Crippen LogP contribution in [0.25, 0.3) is 0 Å². The Hall–Kier alpha value is -1.40. The molecule has 0 spiro atoms. The van der Waals surface area contributed by atoms with E-state index in [0.29, 0.717) is 17.2 Å². The number of anilines is 1. The second-order valence-electron chi connectivity index (χ2n) is 5.11. The van der Waals surface area contributed by atoms with Crippen molar-refractivity contribution in [3.8, 4) is 0 Å². The van der Waals surface area contributed by atoms with E-state index in [0.717, 1.165) is 16.9 Å². The standard InChI is InChI=1S/C15H24N2O3S/c1-6-8(3)12(16)13(18)17-14-11(15(19)20-7-2)9(4)10(5)21-14/h8,12H,6-7,16H2,1-5H3,(H,17,18)/t8-,12-/m0/s1. The first kappa shape index (κ1) is 17.7. The van der Waals surface area contributed by atoms with Crippen LogP contribution < -0.4 is 11.1 Å². The van der Waals surface area contributed by atoms with Gasteiger partial charge in [0.05, 0.1) is 18.2 Å². The van der Waals surface area contributed by atoms with Gasteiger partial charge in [-0.3, -0.25) is 4.79 Å². The van der Waals surface area contributed by atoms with Gasteiger partial charge in [-0.05, 0) is 32.3 Å². The summed E-state index contributed by atoms with van der Waals surface area (Å²) in [4.78, 5) is 25.2. The predicted octanol–water partition coefficient (Wildman–Crippen LogP) is 2.85. The van der Waals surface area contributed by atoms with Crippen molar-refractivity contribution in [2.75, 3.05) is 11.9 Å². The predicted molar refractivity (Wildman–Crippen MR) is 85.8 cm³/mol. The second-order valence-corrected chi connectivity index (χ2v) is 6.33. The number of thiophene rings is 1. The van der Waals surface area contributed by atoms with Crippen LogP contribution >= 0.6 is 11.3 Å². The van der Waals surface area contributed by atoms with Crippen molar-refractivity contribution in [2.45, 2.75) is 47.1 Å². The third-order valence-corrected chi connectivity index (χ3v) is 4.78. The lowest BCUT2D eigenvalue weighted by atomic mass is 9.99. The number of carbonyl (C=O) groups excluding carboxylic acids is 2. The molecule has 1 heterocycles. The van der Waals surface area contributed by atoms with Crippen LogP contribution in [0, 0.1) is 19.8 Å². The Bertz CT molecular complexity index is 525. The number of ether oxygens (including phenoxy) is 1. The first-order valence-corrected chi connectivity index (χ1v) is 7.98. The molecule has 21 heavy (non-hydrogen) atoms. The molecule has 1 rings (SSSR count). The summed E-state index contributed by atoms with van der Waals surface area (Å²) in [6.07, 6.45) is 0.821. The molecule has 0 aromatic carbocycles. The zero-order valence-electron chi connectivity index (χ0n) is 13.3. The number of hydrogen-bond acceptors (Lipinski definition) is 5. The molecule has 0 fully saturated rings. The lowest BCUT2D eigenvalue weighted by Crippen LogP contribution is -2.40. The number of esters is 1. The molecule has 5 nitrogen and oxygen atoms in total. The van der Waals surface area contributed by atoms with Crippen LogP contribution in [0.1, 0.15) is 48.0 Å². The van der Waals surface area contributed by atoms with Gasteiger partial charge in [0.25, 0.3) is 0 Å². The number of nitrogens with one attached hydrogen (secondary N) is 1. The molecule has 1 amide bonds. The normalized spacial score (nSPS) is 13.6. The Balaban J connectivity index is 3.01. The Kier molecular flexibility index (Phi) is 6.36. The number of nitrogens with two attached hydrogens (primary N) is 1. The van der Waals surface area contributed by atoms with Gasteiger partial charge in [-0.1, -0.05) is 20.3 Å². The van der Waals surface area contributed by atoms with E-state index in [-0.39, 0.29) is 11.8 Å². The molecular weight excluding hydrogens is 288 g/mol. The van der Waals surface area contributed by atoms with Gasteiger partial charge < -0.3 is 15.8 Å². The van der Waals surface area contributed by atoms with Gasteiger partial charge >= 0.3 is 5.97 Å². The van der Waals surface area contributed by atoms with Gasteiger partial charge in [0.2, 0.25) is 5.91 Å². The first-order chi connectivity index (χ1) is 9.83. The van der Waals surface area contributed by atoms with Gasteiger partial charge in [0.15, 0.2) is 0 Å². The van der Waals surface area contributed by atoms with E-state index < -0.39 is 12.0 Å². The van der Waals surface area contributed by atoms with Crippen molar-refractivity contribution in [3.63, 3.8) is 0 Å². The highest BCUT2D eigenvalue weighted by Gasteiger charge is 2.25. The summed E-state index contributed by atoms with van der Waals surface area (Å²) in [5.41, 5.74) is 7.20. The maximum absolute atomic E-state index is 12.2. The third kappa shape index (κ3) is 4.04. The molecule has 0 radical (unpaired) electrons. The van der Waals surface area contributed by atoms with Crippen molar-refractivity contribution >= 4 is 28.2 Å². The fourth-order valence-corrected chi connectivity index (χ4v) is 2.92. The van der Waals surface area contributed by atoms with E-state index in [1.807, 2.05) is 27.7 Å². The summed E-state index contributed by atoms with van der Waals surface area (Å²) in [5, 5.41) is 3.30. The Morgan fingerprint density at radius 2 is 1.95 bits per heavy atom. The lowest BCUT2D eigenvalue weighted by molar-refractivity contribution is -0.118. The lowest BCUT2D eigenvalue weighted by Gasteiger charge is -2.17. The molecule has 0 saturated heterocycles. The molecular formula is C15H24N2O3S. The number of hydrogen-bond donors (Lipinski definition) is 2. The van der Waals surface area contributed by atoms with E-state index in [1.165, 1.54) is 11.3 Å². The van der Waals surface area contributed by atoms with Crippen LogP contribution in [0.3, 0.4) is 0 Å². The minimum Gasteiger partial charge on any atom is -0.462 e. The van der Waals surface area contributed by atoms with Gasteiger partial charge in [-0.15, -0.1) is 11.3 Å². The van der Waals surface area contributed by atoms with Crippen molar-refractivity contribution in [3.05, 3.63) is 16.0 Å². The molecule has 0 saturated carbocycles. The topological polar surface area (TPSA) is 81.4 Å². The minimum absolute atomic E-state index is 0.0817. The largest absolute Gasteiger partial charge is 0.462 e. The number of amides is 1. The highest BCUT2D eigenvalue weighted by molar-refractivity contribution is 7.16. The van der Waals surface area contributed by atoms with E-state index in [1.54, 1.807) is 6.92 Å². The monoisotopic (exact) mass is 312 g/mol. The maximum atomic E-state index is 12.2. The number of rotatable bonds is 6. The minimum atomic E-state index is -0.590. The summed E-state index contributed by atoms with van der Waals surface area (Å²) >= 11 is 1.37. The van der Waals surface area contributed by atoms with Crippen LogP contribution in [0.2, 0.25) is 0 Å². The summed E-state index contributed by atoms with van der Waals surface area (Å²) < 4.78 is 5.06. The molecule has 3 N–H and O–H groups in total. The summed E-state index contributed by atoms with van der Waals surface area (Å²) in [6.45, 7) is 9.73. The van der Waals surface area contributed by atoms with E-state index in [2.05, 4.69) is 5.32 Å². The van der Waals surface area contributed by atoms with Crippen LogP contribution in [-0.2, 0) is 9.53 Å². The quantitative estimate of drug-likeness (QED) is 0.791. The van der Waals surface area contributed by atoms with Crippen LogP contribution in [-0.4, -0.2) is 24.5 Å². The number of aryl methyl sites for hydroxylation is 1. The third-order valence-electron chi connectivity index (χ3n) is 3.66. The van der Waals surface area contributed by atoms with Gasteiger partial charge in [-0.2, -0.15) is 0 Å². The van der Waals surface area contributed by atoms with Crippen LogP contribution in [0.5, 0.6) is 0 Å².